The summed E-state index contributed by atoms with van der Waals surface area (Å²) in [5.41, 5.74) is 3.57. The lowest BCUT2D eigenvalue weighted by Gasteiger charge is -2.29. The fourth-order valence-electron chi connectivity index (χ4n) is 3.85. The van der Waals surface area contributed by atoms with E-state index in [1.54, 1.807) is 41.3 Å². The van der Waals surface area contributed by atoms with Gasteiger partial charge in [0.1, 0.15) is 6.04 Å². The van der Waals surface area contributed by atoms with E-state index in [2.05, 4.69) is 32.7 Å². The molecular weight excluding hydrogens is 503 g/mol. The van der Waals surface area contributed by atoms with Crippen LogP contribution in [0.4, 0.5) is 11.6 Å². The molecule has 5 rings (SSSR count). The van der Waals surface area contributed by atoms with Crippen LogP contribution in [0.15, 0.2) is 89.5 Å². The van der Waals surface area contributed by atoms with Crippen molar-refractivity contribution >= 4 is 52.5 Å². The van der Waals surface area contributed by atoms with Gasteiger partial charge in [-0.3, -0.25) is 9.78 Å². The third-order valence-electron chi connectivity index (χ3n) is 5.47. The summed E-state index contributed by atoms with van der Waals surface area (Å²) >= 11 is 14.3. The zero-order valence-corrected chi connectivity index (χ0v) is 20.9. The number of anilines is 2. The molecule has 0 fully saturated rings. The molecule has 7 nitrogen and oxygen atoms in total. The lowest BCUT2D eigenvalue weighted by Crippen LogP contribution is -2.31. The van der Waals surface area contributed by atoms with Crippen molar-refractivity contribution in [2.75, 3.05) is 10.6 Å². The van der Waals surface area contributed by atoms with E-state index in [0.29, 0.717) is 43.7 Å². The third kappa shape index (κ3) is 5.05. The minimum atomic E-state index is -0.605. The predicted octanol–water partition coefficient (Wildman–Crippen LogP) is 6.20. The fourth-order valence-corrected chi connectivity index (χ4v) is 5.15. The standard InChI is InChI=1S/C25H20Cl2N6OS/c1-15-21(23(34)30-18-8-5-11-28-13-18)22(19-10-9-17(26)12-20(19)27)33-24(29-15)31-25(32-33)35-14-16-6-3-2-4-7-16/h2-13,22H,14H2,1H3,(H,30,34)(H,29,31,32). The number of benzene rings is 2. The normalized spacial score (nSPS) is 14.9. The Kier molecular flexibility index (Phi) is 6.77. The lowest BCUT2D eigenvalue weighted by molar-refractivity contribution is -0.113. The molecule has 0 saturated heterocycles. The van der Waals surface area contributed by atoms with E-state index >= 15 is 0 Å². The van der Waals surface area contributed by atoms with Gasteiger partial charge in [-0.25, -0.2) is 4.68 Å². The average molecular weight is 523 g/mol. The molecule has 35 heavy (non-hydrogen) atoms. The average Bonchev–Trinajstić information content (AvgIpc) is 3.26. The topological polar surface area (TPSA) is 84.7 Å². The summed E-state index contributed by atoms with van der Waals surface area (Å²) in [6, 6.07) is 18.3. The summed E-state index contributed by atoms with van der Waals surface area (Å²) in [5, 5.41) is 12.4. The van der Waals surface area contributed by atoms with Crippen LogP contribution in [-0.4, -0.2) is 25.7 Å². The summed E-state index contributed by atoms with van der Waals surface area (Å²) < 4.78 is 1.70. The van der Waals surface area contributed by atoms with Crippen LogP contribution in [0.5, 0.6) is 0 Å². The molecule has 2 aromatic heterocycles. The first-order valence-electron chi connectivity index (χ1n) is 10.8. The molecule has 1 aliphatic rings. The van der Waals surface area contributed by atoms with Gasteiger partial charge in [0.05, 0.1) is 17.5 Å². The maximum absolute atomic E-state index is 13.5. The summed E-state index contributed by atoms with van der Waals surface area (Å²) in [6.45, 7) is 1.84. The number of hydrogen-bond donors (Lipinski definition) is 2. The van der Waals surface area contributed by atoms with E-state index in [9.17, 15) is 4.79 Å². The van der Waals surface area contributed by atoms with E-state index in [4.69, 9.17) is 28.3 Å². The van der Waals surface area contributed by atoms with Crippen molar-refractivity contribution in [2.24, 2.45) is 0 Å². The van der Waals surface area contributed by atoms with Gasteiger partial charge in [0.15, 0.2) is 0 Å². The molecule has 2 aromatic carbocycles. The molecule has 0 saturated carbocycles. The van der Waals surface area contributed by atoms with Crippen molar-refractivity contribution < 1.29 is 4.79 Å². The van der Waals surface area contributed by atoms with Crippen LogP contribution in [0, 0.1) is 0 Å². The molecule has 4 aromatic rings. The number of pyridine rings is 1. The zero-order chi connectivity index (χ0) is 24.4. The number of hydrogen-bond acceptors (Lipinski definition) is 6. The van der Waals surface area contributed by atoms with Crippen LogP contribution in [0.1, 0.15) is 24.1 Å². The molecule has 10 heteroatoms. The number of carbonyl (C=O) groups is 1. The first kappa shape index (κ1) is 23.4. The highest BCUT2D eigenvalue weighted by Crippen LogP contribution is 2.40. The Morgan fingerprint density at radius 2 is 1.97 bits per heavy atom. The Hall–Kier alpha value is -3.33. The van der Waals surface area contributed by atoms with Crippen molar-refractivity contribution in [1.82, 2.24) is 19.7 Å². The van der Waals surface area contributed by atoms with Gasteiger partial charge in [0.2, 0.25) is 11.1 Å². The minimum absolute atomic E-state index is 0.293. The number of halogens is 2. The Labute approximate surface area is 216 Å². The quantitative estimate of drug-likeness (QED) is 0.293. The highest BCUT2D eigenvalue weighted by atomic mass is 35.5. The number of carbonyl (C=O) groups excluding carboxylic acids is 1. The smallest absolute Gasteiger partial charge is 0.255 e. The second kappa shape index (κ2) is 10.1. The molecule has 1 atom stereocenters. The maximum atomic E-state index is 13.5. The van der Waals surface area contributed by atoms with Crippen molar-refractivity contribution in [3.63, 3.8) is 0 Å². The highest BCUT2D eigenvalue weighted by molar-refractivity contribution is 7.98. The molecule has 2 N–H and O–H groups in total. The van der Waals surface area contributed by atoms with Crippen molar-refractivity contribution in [3.8, 4) is 0 Å². The molecule has 3 heterocycles. The number of aromatic nitrogens is 4. The zero-order valence-electron chi connectivity index (χ0n) is 18.6. The molecule has 176 valence electrons. The maximum Gasteiger partial charge on any atom is 0.255 e. The third-order valence-corrected chi connectivity index (χ3v) is 6.94. The van der Waals surface area contributed by atoms with Gasteiger partial charge < -0.3 is 10.6 Å². The van der Waals surface area contributed by atoms with Crippen LogP contribution < -0.4 is 10.6 Å². The minimum Gasteiger partial charge on any atom is -0.328 e. The van der Waals surface area contributed by atoms with Crippen molar-refractivity contribution in [1.29, 1.82) is 0 Å². The van der Waals surface area contributed by atoms with Gasteiger partial charge >= 0.3 is 0 Å². The summed E-state index contributed by atoms with van der Waals surface area (Å²) in [4.78, 5) is 22.2. The number of rotatable bonds is 6. The predicted molar refractivity (Wildman–Crippen MR) is 140 cm³/mol. The van der Waals surface area contributed by atoms with E-state index in [0.717, 1.165) is 5.75 Å². The molecule has 1 amide bonds. The van der Waals surface area contributed by atoms with Gasteiger partial charge in [-0.05, 0) is 36.8 Å². The van der Waals surface area contributed by atoms with Gasteiger partial charge in [0, 0.05) is 33.3 Å². The molecular formula is C25H20Cl2N6OS. The first-order valence-corrected chi connectivity index (χ1v) is 12.5. The van der Waals surface area contributed by atoms with E-state index in [1.165, 1.54) is 17.3 Å². The van der Waals surface area contributed by atoms with E-state index in [-0.39, 0.29) is 5.91 Å². The number of nitrogens with one attached hydrogen (secondary N) is 2. The lowest BCUT2D eigenvalue weighted by atomic mass is 9.95. The first-order chi connectivity index (χ1) is 17.0. The second-order valence-electron chi connectivity index (χ2n) is 7.86. The Bertz CT molecular complexity index is 1410. The summed E-state index contributed by atoms with van der Waals surface area (Å²) in [6.07, 6.45) is 3.24. The number of amides is 1. The monoisotopic (exact) mass is 522 g/mol. The molecule has 1 aliphatic heterocycles. The van der Waals surface area contributed by atoms with Crippen LogP contribution in [-0.2, 0) is 10.5 Å². The molecule has 0 aliphatic carbocycles. The summed E-state index contributed by atoms with van der Waals surface area (Å²) in [7, 11) is 0. The van der Waals surface area contributed by atoms with Crippen molar-refractivity contribution in [3.05, 3.63) is 105 Å². The van der Waals surface area contributed by atoms with Crippen LogP contribution in [0.3, 0.4) is 0 Å². The molecule has 0 spiro atoms. The van der Waals surface area contributed by atoms with E-state index < -0.39 is 6.04 Å². The van der Waals surface area contributed by atoms with Gasteiger partial charge in [-0.1, -0.05) is 71.4 Å². The SMILES string of the molecule is CC1=C(C(=O)Nc2cccnc2)C(c2ccc(Cl)cc2Cl)n2nc(SCc3ccccc3)nc2N1. The van der Waals surface area contributed by atoms with Gasteiger partial charge in [-0.2, -0.15) is 4.98 Å². The number of thioether (sulfide) groups is 1. The molecule has 1 unspecified atom stereocenters. The summed E-state index contributed by atoms with van der Waals surface area (Å²) in [5.74, 6) is 0.961. The Balaban J connectivity index is 1.53. The molecule has 0 radical (unpaired) electrons. The fraction of sp³-hybridized carbons (Fsp3) is 0.120. The van der Waals surface area contributed by atoms with Gasteiger partial charge in [0.25, 0.3) is 5.91 Å². The number of allylic oxidation sites excluding steroid dienone is 1. The second-order valence-corrected chi connectivity index (χ2v) is 9.65. The number of nitrogens with zero attached hydrogens (tertiary/aromatic N) is 4. The van der Waals surface area contributed by atoms with Crippen LogP contribution in [0.2, 0.25) is 10.0 Å². The van der Waals surface area contributed by atoms with Crippen molar-refractivity contribution in [2.45, 2.75) is 23.9 Å². The Morgan fingerprint density at radius 3 is 2.71 bits per heavy atom. The van der Waals surface area contributed by atoms with Gasteiger partial charge in [-0.15, -0.1) is 5.10 Å². The van der Waals surface area contributed by atoms with Crippen LogP contribution in [0.25, 0.3) is 0 Å². The Morgan fingerprint density at radius 1 is 1.14 bits per heavy atom. The highest BCUT2D eigenvalue weighted by Gasteiger charge is 2.35. The molecule has 0 bridgehead atoms. The number of fused-ring (bicyclic) bond motifs is 1. The largest absolute Gasteiger partial charge is 0.328 e. The van der Waals surface area contributed by atoms with E-state index in [1.807, 2.05) is 31.2 Å². The van der Waals surface area contributed by atoms with Crippen LogP contribution >= 0.6 is 35.0 Å².